The Morgan fingerprint density at radius 2 is 1.82 bits per heavy atom. The van der Waals surface area contributed by atoms with Crippen molar-refractivity contribution < 1.29 is 46.1 Å². The summed E-state index contributed by atoms with van der Waals surface area (Å²) in [5.74, 6) is -5.95. The van der Waals surface area contributed by atoms with Crippen LogP contribution in [0.15, 0.2) is 47.7 Å². The molecule has 176 valence electrons. The second kappa shape index (κ2) is 9.45. The number of para-hydroxylation sites is 2. The Morgan fingerprint density at radius 3 is 2.39 bits per heavy atom. The van der Waals surface area contributed by atoms with Crippen molar-refractivity contribution in [3.05, 3.63) is 64.9 Å². The number of esters is 1. The molecule has 1 aliphatic heterocycles. The van der Waals surface area contributed by atoms with Crippen molar-refractivity contribution in [2.24, 2.45) is 0 Å². The van der Waals surface area contributed by atoms with Crippen LogP contribution in [0.4, 0.5) is 27.6 Å². The highest BCUT2D eigenvalue weighted by atomic mass is 19.4. The monoisotopic (exact) mass is 472 g/mol. The first-order valence-corrected chi connectivity index (χ1v) is 9.38. The second-order valence-corrected chi connectivity index (χ2v) is 6.79. The molecule has 7 nitrogen and oxygen atoms in total. The molecular weight excluding hydrogens is 455 g/mol. The number of amides is 1. The predicted molar refractivity (Wildman–Crippen MR) is 104 cm³/mol. The van der Waals surface area contributed by atoms with Gasteiger partial charge in [-0.05, 0) is 24.3 Å². The number of aliphatic hydroxyl groups is 1. The average molecular weight is 472 g/mol. The van der Waals surface area contributed by atoms with Crippen molar-refractivity contribution in [3.63, 3.8) is 0 Å². The fourth-order valence-corrected chi connectivity index (χ4v) is 3.07. The summed E-state index contributed by atoms with van der Waals surface area (Å²) in [6, 6.07) is 5.71. The van der Waals surface area contributed by atoms with Crippen LogP contribution in [0.2, 0.25) is 0 Å². The molecule has 0 unspecified atom stereocenters. The number of nitrogens with one attached hydrogen (secondary N) is 1. The number of methoxy groups -OCH3 is 1. The molecule has 0 aromatic heterocycles. The van der Waals surface area contributed by atoms with E-state index in [0.717, 1.165) is 7.11 Å². The number of halogens is 5. The van der Waals surface area contributed by atoms with Crippen LogP contribution in [0, 0.1) is 11.6 Å². The fourth-order valence-electron chi connectivity index (χ4n) is 3.07. The summed E-state index contributed by atoms with van der Waals surface area (Å²) in [5, 5.41) is 11.8. The van der Waals surface area contributed by atoms with E-state index in [1.54, 1.807) is 0 Å². The van der Waals surface area contributed by atoms with Gasteiger partial charge in [0.05, 0.1) is 37.1 Å². The highest BCUT2D eigenvalue weighted by Crippen LogP contribution is 2.38. The lowest BCUT2D eigenvalue weighted by atomic mass is 10.2. The van der Waals surface area contributed by atoms with Crippen LogP contribution in [-0.4, -0.2) is 48.7 Å². The molecule has 1 amide bonds. The second-order valence-electron chi connectivity index (χ2n) is 6.79. The van der Waals surface area contributed by atoms with Gasteiger partial charge in [0.2, 0.25) is 0 Å². The third-order valence-electron chi connectivity index (χ3n) is 4.64. The summed E-state index contributed by atoms with van der Waals surface area (Å²) >= 11 is 0. The summed E-state index contributed by atoms with van der Waals surface area (Å²) in [5.41, 5.74) is -1.80. The minimum atomic E-state index is -4.96. The number of rotatable bonds is 7. The van der Waals surface area contributed by atoms with Crippen molar-refractivity contribution in [1.29, 1.82) is 0 Å². The van der Waals surface area contributed by atoms with Crippen LogP contribution in [0.5, 0.6) is 11.5 Å². The number of hydrogen-bond donors (Lipinski definition) is 2. The number of nitrogens with zero attached hydrogens (tertiary/aromatic N) is 1. The summed E-state index contributed by atoms with van der Waals surface area (Å²) in [6.07, 6.45) is -4.96. The van der Waals surface area contributed by atoms with E-state index in [1.807, 2.05) is 0 Å². The Hall–Kier alpha value is -3.67. The molecule has 0 saturated heterocycles. The van der Waals surface area contributed by atoms with Gasteiger partial charge in [-0.15, -0.1) is 0 Å². The molecule has 2 aromatic carbocycles. The number of carbonyl (C=O) groups is 2. The molecule has 2 aromatic rings. The summed E-state index contributed by atoms with van der Waals surface area (Å²) < 4.78 is 76.7. The van der Waals surface area contributed by atoms with Gasteiger partial charge in [0.15, 0.2) is 23.1 Å². The van der Waals surface area contributed by atoms with Crippen molar-refractivity contribution in [3.8, 4) is 11.5 Å². The quantitative estimate of drug-likeness (QED) is 0.474. The van der Waals surface area contributed by atoms with Gasteiger partial charge in [0, 0.05) is 6.54 Å². The third kappa shape index (κ3) is 5.06. The Kier molecular flexibility index (Phi) is 6.86. The van der Waals surface area contributed by atoms with E-state index in [-0.39, 0.29) is 54.5 Å². The minimum Gasteiger partial charge on any atom is -0.466 e. The summed E-state index contributed by atoms with van der Waals surface area (Å²) in [6.45, 7) is -0.580. The lowest BCUT2D eigenvalue weighted by Crippen LogP contribution is -2.31. The maximum atomic E-state index is 14.2. The van der Waals surface area contributed by atoms with E-state index in [0.29, 0.717) is 0 Å². The molecule has 3 rings (SSSR count). The number of aliphatic hydroxyl groups excluding tert-OH is 1. The van der Waals surface area contributed by atoms with E-state index in [4.69, 9.17) is 9.84 Å². The molecule has 0 fully saturated rings. The normalized spacial score (nSPS) is 14.0. The maximum absolute atomic E-state index is 14.2. The number of carbonyl (C=O) groups excluding carboxylic acids is 2. The van der Waals surface area contributed by atoms with Crippen LogP contribution in [0.25, 0.3) is 0 Å². The number of ether oxygens (including phenoxy) is 2. The van der Waals surface area contributed by atoms with Gasteiger partial charge in [0.1, 0.15) is 5.70 Å². The molecule has 0 bridgehead atoms. The Bertz CT molecular complexity index is 1090. The largest absolute Gasteiger partial charge is 0.466 e. The first-order valence-electron chi connectivity index (χ1n) is 9.38. The third-order valence-corrected chi connectivity index (χ3v) is 4.64. The molecular formula is C21H17F5N2O5. The van der Waals surface area contributed by atoms with Gasteiger partial charge in [-0.25, -0.2) is 13.6 Å². The Balaban J connectivity index is 1.96. The maximum Gasteiger partial charge on any atom is 0.416 e. The van der Waals surface area contributed by atoms with Crippen LogP contribution < -0.4 is 10.1 Å². The highest BCUT2D eigenvalue weighted by Gasteiger charge is 2.35. The molecule has 0 spiro atoms. The fraction of sp³-hybridized carbons (Fsp3) is 0.238. The van der Waals surface area contributed by atoms with Crippen molar-refractivity contribution >= 4 is 17.6 Å². The number of benzene rings is 2. The molecule has 0 radical (unpaired) electrons. The predicted octanol–water partition coefficient (Wildman–Crippen LogP) is 3.45. The average Bonchev–Trinajstić information content (AvgIpc) is 3.06. The van der Waals surface area contributed by atoms with Crippen molar-refractivity contribution in [2.45, 2.75) is 6.18 Å². The van der Waals surface area contributed by atoms with Gasteiger partial charge in [-0.1, -0.05) is 12.1 Å². The molecule has 0 aliphatic carbocycles. The molecule has 33 heavy (non-hydrogen) atoms. The van der Waals surface area contributed by atoms with Gasteiger partial charge in [-0.2, -0.15) is 13.2 Å². The van der Waals surface area contributed by atoms with Crippen molar-refractivity contribution in [1.82, 2.24) is 4.90 Å². The van der Waals surface area contributed by atoms with E-state index >= 15 is 0 Å². The summed E-state index contributed by atoms with van der Waals surface area (Å²) in [4.78, 5) is 25.9. The Labute approximate surface area is 184 Å². The smallest absolute Gasteiger partial charge is 0.416 e. The van der Waals surface area contributed by atoms with Gasteiger partial charge >= 0.3 is 12.1 Å². The molecule has 0 saturated carbocycles. The first kappa shape index (κ1) is 24.0. The first-order chi connectivity index (χ1) is 15.6. The number of β-amino-alcohol motifs (C(OH)–C–C–N with tert-alkyl or cyclic N) is 1. The van der Waals surface area contributed by atoms with E-state index < -0.39 is 41.0 Å². The SMILES string of the molecule is COC(=O)C1=C(Nc2ccccc2Oc2c(F)cc(C(F)(F)F)cc2F)C(=O)N(CCO)C1. The van der Waals surface area contributed by atoms with Crippen molar-refractivity contribution in [2.75, 3.05) is 32.1 Å². The van der Waals surface area contributed by atoms with Gasteiger partial charge in [0.25, 0.3) is 5.91 Å². The van der Waals surface area contributed by atoms with E-state index in [2.05, 4.69) is 10.1 Å². The zero-order valence-corrected chi connectivity index (χ0v) is 17.0. The lowest BCUT2D eigenvalue weighted by molar-refractivity contribution is -0.138. The van der Waals surface area contributed by atoms with Gasteiger partial charge < -0.3 is 24.8 Å². The van der Waals surface area contributed by atoms with Crippen LogP contribution in [0.3, 0.4) is 0 Å². The lowest BCUT2D eigenvalue weighted by Gasteiger charge is -2.17. The van der Waals surface area contributed by atoms with Crippen LogP contribution >= 0.6 is 0 Å². The standard InChI is InChI=1S/C21H17F5N2O5/c1-32-20(31)12-10-28(6-7-29)19(30)17(12)27-15-4-2-3-5-16(15)33-18-13(22)8-11(9-14(18)23)21(24,25)26/h2-5,8-9,27,29H,6-7,10H2,1H3. The zero-order chi connectivity index (χ0) is 24.3. The number of anilines is 1. The zero-order valence-electron chi connectivity index (χ0n) is 17.0. The molecule has 2 N–H and O–H groups in total. The molecule has 1 aliphatic rings. The Morgan fingerprint density at radius 1 is 1.18 bits per heavy atom. The molecule has 12 heteroatoms. The van der Waals surface area contributed by atoms with Gasteiger partial charge in [-0.3, -0.25) is 4.79 Å². The minimum absolute atomic E-state index is 0.00759. The van der Waals surface area contributed by atoms with E-state index in [1.165, 1.54) is 29.2 Å². The number of hydrogen-bond acceptors (Lipinski definition) is 6. The molecule has 1 heterocycles. The topological polar surface area (TPSA) is 88.1 Å². The van der Waals surface area contributed by atoms with E-state index in [9.17, 15) is 31.5 Å². The number of alkyl halides is 3. The molecule has 0 atom stereocenters. The van der Waals surface area contributed by atoms with Crippen LogP contribution in [0.1, 0.15) is 5.56 Å². The summed E-state index contributed by atoms with van der Waals surface area (Å²) in [7, 11) is 1.11. The van der Waals surface area contributed by atoms with Crippen LogP contribution in [-0.2, 0) is 20.5 Å². The highest BCUT2D eigenvalue weighted by molar-refractivity contribution is 6.08.